The number of ether oxygens (including phenoxy) is 3. The molecule has 0 fully saturated rings. The van der Waals surface area contributed by atoms with Gasteiger partial charge in [-0.2, -0.15) is 0 Å². The first kappa shape index (κ1) is 64.6. The first-order chi connectivity index (χ1) is 33.0. The van der Waals surface area contributed by atoms with E-state index < -0.39 is 6.10 Å². The van der Waals surface area contributed by atoms with E-state index in [2.05, 4.69) is 57.2 Å². The van der Waals surface area contributed by atoms with E-state index in [9.17, 15) is 14.4 Å². The lowest BCUT2D eigenvalue weighted by Gasteiger charge is -2.18. The zero-order chi connectivity index (χ0) is 48.6. The molecule has 0 N–H and O–H groups in total. The normalized spacial score (nSPS) is 12.2. The molecule has 1 unspecified atom stereocenters. The summed E-state index contributed by atoms with van der Waals surface area (Å²) in [6.45, 7) is 6.65. The van der Waals surface area contributed by atoms with Crippen LogP contribution in [-0.4, -0.2) is 37.2 Å². The van der Waals surface area contributed by atoms with Gasteiger partial charge in [0, 0.05) is 19.3 Å². The van der Waals surface area contributed by atoms with E-state index in [4.69, 9.17) is 14.2 Å². The Morgan fingerprint density at radius 1 is 0.299 bits per heavy atom. The average molecular weight is 942 g/mol. The third-order valence-corrected chi connectivity index (χ3v) is 13.1. The van der Waals surface area contributed by atoms with Gasteiger partial charge in [-0.1, -0.05) is 256 Å². The molecular formula is C61H112O6. The molecular weight excluding hydrogens is 829 g/mol. The molecule has 67 heavy (non-hydrogen) atoms. The Kier molecular flexibility index (Phi) is 54.2. The summed E-state index contributed by atoms with van der Waals surface area (Å²) in [5, 5.41) is 0. The maximum atomic E-state index is 12.8. The smallest absolute Gasteiger partial charge is 0.306 e. The van der Waals surface area contributed by atoms with E-state index in [0.717, 1.165) is 70.6 Å². The van der Waals surface area contributed by atoms with Gasteiger partial charge in [0.2, 0.25) is 0 Å². The minimum atomic E-state index is -0.775. The Bertz CT molecular complexity index is 1130. The van der Waals surface area contributed by atoms with Gasteiger partial charge in [-0.3, -0.25) is 14.4 Å². The summed E-state index contributed by atoms with van der Waals surface area (Å²) in [6, 6.07) is 0. The van der Waals surface area contributed by atoms with Crippen molar-refractivity contribution in [2.24, 2.45) is 0 Å². The van der Waals surface area contributed by atoms with Crippen LogP contribution in [0.1, 0.15) is 316 Å². The van der Waals surface area contributed by atoms with Crippen LogP contribution < -0.4 is 0 Å². The van der Waals surface area contributed by atoms with Gasteiger partial charge in [-0.05, 0) is 77.0 Å². The van der Waals surface area contributed by atoms with Gasteiger partial charge in [-0.15, -0.1) is 0 Å². The van der Waals surface area contributed by atoms with Crippen molar-refractivity contribution in [3.63, 3.8) is 0 Å². The number of rotatable bonds is 54. The molecule has 0 radical (unpaired) electrons. The van der Waals surface area contributed by atoms with Crippen molar-refractivity contribution in [1.82, 2.24) is 0 Å². The van der Waals surface area contributed by atoms with Crippen LogP contribution in [0.15, 0.2) is 36.5 Å². The lowest BCUT2D eigenvalue weighted by molar-refractivity contribution is -0.167. The van der Waals surface area contributed by atoms with Crippen molar-refractivity contribution < 1.29 is 28.6 Å². The molecule has 0 spiro atoms. The summed E-state index contributed by atoms with van der Waals surface area (Å²) >= 11 is 0. The van der Waals surface area contributed by atoms with Crippen molar-refractivity contribution in [3.05, 3.63) is 36.5 Å². The molecule has 0 aliphatic carbocycles. The molecule has 0 aromatic carbocycles. The zero-order valence-electron chi connectivity index (χ0n) is 44.9. The lowest BCUT2D eigenvalue weighted by atomic mass is 10.0. The molecule has 392 valence electrons. The quantitative estimate of drug-likeness (QED) is 0.0262. The van der Waals surface area contributed by atoms with E-state index >= 15 is 0 Å². The van der Waals surface area contributed by atoms with Crippen LogP contribution >= 0.6 is 0 Å². The number of esters is 3. The summed E-state index contributed by atoms with van der Waals surface area (Å²) in [5.41, 5.74) is 0. The largest absolute Gasteiger partial charge is 0.462 e. The average Bonchev–Trinajstić information content (AvgIpc) is 3.33. The molecule has 0 saturated heterocycles. The molecule has 6 nitrogen and oxygen atoms in total. The fourth-order valence-electron chi connectivity index (χ4n) is 8.65. The van der Waals surface area contributed by atoms with E-state index in [1.54, 1.807) is 0 Å². The molecule has 0 aliphatic heterocycles. The summed E-state index contributed by atoms with van der Waals surface area (Å²) < 4.78 is 16.9. The molecule has 0 aromatic rings. The highest BCUT2D eigenvalue weighted by Gasteiger charge is 2.19. The Hall–Kier alpha value is -2.37. The van der Waals surface area contributed by atoms with E-state index in [1.807, 2.05) is 0 Å². The Morgan fingerprint density at radius 2 is 0.537 bits per heavy atom. The number of hydrogen-bond donors (Lipinski definition) is 0. The molecule has 0 aromatic heterocycles. The molecule has 0 rings (SSSR count). The van der Waals surface area contributed by atoms with Crippen LogP contribution in [0.3, 0.4) is 0 Å². The Balaban J connectivity index is 4.31. The van der Waals surface area contributed by atoms with Gasteiger partial charge >= 0.3 is 17.9 Å². The number of allylic oxidation sites excluding steroid dienone is 6. The fourth-order valence-corrected chi connectivity index (χ4v) is 8.65. The van der Waals surface area contributed by atoms with Gasteiger partial charge in [0.05, 0.1) is 0 Å². The molecule has 6 heteroatoms. The van der Waals surface area contributed by atoms with Gasteiger partial charge in [0.15, 0.2) is 6.10 Å². The highest BCUT2D eigenvalue weighted by molar-refractivity contribution is 5.71. The van der Waals surface area contributed by atoms with Gasteiger partial charge in [0.25, 0.3) is 0 Å². The first-order valence-electron chi connectivity index (χ1n) is 29.5. The van der Waals surface area contributed by atoms with E-state index in [1.165, 1.54) is 205 Å². The minimum absolute atomic E-state index is 0.0732. The Labute approximate surface area is 416 Å². The van der Waals surface area contributed by atoms with Crippen molar-refractivity contribution in [2.45, 2.75) is 322 Å². The topological polar surface area (TPSA) is 78.9 Å². The predicted molar refractivity (Wildman–Crippen MR) is 289 cm³/mol. The van der Waals surface area contributed by atoms with Crippen molar-refractivity contribution >= 4 is 17.9 Å². The van der Waals surface area contributed by atoms with Crippen LogP contribution in [0.2, 0.25) is 0 Å². The first-order valence-corrected chi connectivity index (χ1v) is 29.5. The SMILES string of the molecule is CCCCCCC/C=C\C/C=C\CCCCCCCCCCCC(=O)OCC(COC(=O)CCCCCCCCCCCCCC)OC(=O)CCCCCCC/C=C\CCCCCCCCC. The van der Waals surface area contributed by atoms with Crippen molar-refractivity contribution in [3.8, 4) is 0 Å². The number of hydrogen-bond acceptors (Lipinski definition) is 6. The fraction of sp³-hybridized carbons (Fsp3) is 0.852. The summed E-state index contributed by atoms with van der Waals surface area (Å²) in [5.74, 6) is -0.869. The Morgan fingerprint density at radius 3 is 0.836 bits per heavy atom. The van der Waals surface area contributed by atoms with Crippen LogP contribution in [0.25, 0.3) is 0 Å². The second-order valence-corrected chi connectivity index (χ2v) is 19.9. The maximum Gasteiger partial charge on any atom is 0.306 e. The molecule has 0 bridgehead atoms. The van der Waals surface area contributed by atoms with Crippen LogP contribution in [0.4, 0.5) is 0 Å². The van der Waals surface area contributed by atoms with Crippen molar-refractivity contribution in [2.75, 3.05) is 13.2 Å². The van der Waals surface area contributed by atoms with Gasteiger partial charge in [0.1, 0.15) is 13.2 Å². The molecule has 0 saturated carbocycles. The van der Waals surface area contributed by atoms with Crippen molar-refractivity contribution in [1.29, 1.82) is 0 Å². The lowest BCUT2D eigenvalue weighted by Crippen LogP contribution is -2.30. The highest BCUT2D eigenvalue weighted by atomic mass is 16.6. The third-order valence-electron chi connectivity index (χ3n) is 13.1. The van der Waals surface area contributed by atoms with E-state index in [0.29, 0.717) is 19.3 Å². The van der Waals surface area contributed by atoms with E-state index in [-0.39, 0.29) is 31.1 Å². The number of carbonyl (C=O) groups excluding carboxylic acids is 3. The predicted octanol–water partition coefficient (Wildman–Crippen LogP) is 19.7. The van der Waals surface area contributed by atoms with Crippen LogP contribution in [0, 0.1) is 0 Å². The monoisotopic (exact) mass is 941 g/mol. The van der Waals surface area contributed by atoms with Gasteiger partial charge in [-0.25, -0.2) is 0 Å². The summed E-state index contributed by atoms with van der Waals surface area (Å²) in [4.78, 5) is 38.1. The minimum Gasteiger partial charge on any atom is -0.462 e. The second kappa shape index (κ2) is 56.2. The van der Waals surface area contributed by atoms with Crippen LogP contribution in [0.5, 0.6) is 0 Å². The zero-order valence-corrected chi connectivity index (χ0v) is 44.9. The molecule has 1 atom stereocenters. The third kappa shape index (κ3) is 54.4. The van der Waals surface area contributed by atoms with Gasteiger partial charge < -0.3 is 14.2 Å². The van der Waals surface area contributed by atoms with Crippen LogP contribution in [-0.2, 0) is 28.6 Å². The molecule has 0 heterocycles. The molecule has 0 amide bonds. The number of unbranched alkanes of at least 4 members (excludes halogenated alkanes) is 37. The number of carbonyl (C=O) groups is 3. The standard InChI is InChI=1S/C61H112O6/c1-4-7-10-13-16-19-22-25-27-29-30-31-32-33-35-36-39-42-45-48-51-54-60(63)66-57-58(56-65-59(62)53-50-47-44-41-38-24-21-18-15-12-9-6-3)67-61(64)55-52-49-46-43-40-37-34-28-26-23-20-17-14-11-8-5-2/h22,25,28-30,34,58H,4-21,23-24,26-27,31-33,35-57H2,1-3H3/b25-22-,30-29-,34-28-. The maximum absolute atomic E-state index is 12.8. The highest BCUT2D eigenvalue weighted by Crippen LogP contribution is 2.16. The summed E-state index contributed by atoms with van der Waals surface area (Å²) in [7, 11) is 0. The molecule has 0 aliphatic rings. The summed E-state index contributed by atoms with van der Waals surface area (Å²) in [6.07, 6.45) is 67.0. The second-order valence-electron chi connectivity index (χ2n) is 19.9.